The Balaban J connectivity index is 1.58. The van der Waals surface area contributed by atoms with Gasteiger partial charge in [-0.3, -0.25) is 0 Å². The third-order valence-corrected chi connectivity index (χ3v) is 7.06. The minimum Gasteiger partial charge on any atom is -0.497 e. The Morgan fingerprint density at radius 3 is 2.61 bits per heavy atom. The lowest BCUT2D eigenvalue weighted by atomic mass is 10.1. The molecule has 1 fully saturated rings. The zero-order valence-electron chi connectivity index (χ0n) is 17.6. The zero-order valence-corrected chi connectivity index (χ0v) is 18.4. The van der Waals surface area contributed by atoms with E-state index in [1.165, 1.54) is 19.2 Å². The molecule has 0 saturated carbocycles. The summed E-state index contributed by atoms with van der Waals surface area (Å²) in [6.45, 7) is 0.299. The number of benzene rings is 2. The fourth-order valence-electron chi connectivity index (χ4n) is 3.44. The molecule has 3 aromatic rings. The molecule has 0 radical (unpaired) electrons. The molecular formula is C22H20FNO8S. The van der Waals surface area contributed by atoms with Crippen molar-refractivity contribution in [1.29, 1.82) is 0 Å². The van der Waals surface area contributed by atoms with Crippen LogP contribution in [0.15, 0.2) is 56.6 Å². The Morgan fingerprint density at radius 1 is 1.12 bits per heavy atom. The minimum atomic E-state index is -4.15. The average Bonchev–Trinajstić information content (AvgIpc) is 2.82. The number of methoxy groups -OCH3 is 1. The standard InChI is InChI=1S/C22H20FNO8S/c1-29-16-3-4-17-15(11-21(25)32-19(17)12-16)13-31-22(26)14-2-5-18(23)20(10-14)33(27,28)24-6-8-30-9-7-24/h2-5,10-12H,6-9,13H2,1H3. The predicted molar refractivity (Wildman–Crippen MR) is 114 cm³/mol. The molecule has 0 amide bonds. The monoisotopic (exact) mass is 477 g/mol. The van der Waals surface area contributed by atoms with Crippen LogP contribution >= 0.6 is 0 Å². The Morgan fingerprint density at radius 2 is 1.88 bits per heavy atom. The van der Waals surface area contributed by atoms with Crippen molar-refractivity contribution in [2.24, 2.45) is 0 Å². The largest absolute Gasteiger partial charge is 0.497 e. The van der Waals surface area contributed by atoms with E-state index in [4.69, 9.17) is 18.6 Å². The van der Waals surface area contributed by atoms with Gasteiger partial charge in [-0.1, -0.05) is 0 Å². The lowest BCUT2D eigenvalue weighted by molar-refractivity contribution is 0.0473. The molecular weight excluding hydrogens is 457 g/mol. The fourth-order valence-corrected chi connectivity index (χ4v) is 4.94. The topological polar surface area (TPSA) is 112 Å². The SMILES string of the molecule is COc1ccc2c(COC(=O)c3ccc(F)c(S(=O)(=O)N4CCOCC4)c3)cc(=O)oc2c1. The Kier molecular flexibility index (Phi) is 6.45. The molecule has 0 atom stereocenters. The number of halogens is 1. The summed E-state index contributed by atoms with van der Waals surface area (Å²) in [5.74, 6) is -1.36. The Hall–Kier alpha value is -3.28. The normalized spacial score (nSPS) is 14.8. The summed E-state index contributed by atoms with van der Waals surface area (Å²) in [5.41, 5.74) is -0.131. The summed E-state index contributed by atoms with van der Waals surface area (Å²) in [7, 11) is -2.68. The lowest BCUT2D eigenvalue weighted by Crippen LogP contribution is -2.41. The molecule has 0 bridgehead atoms. The van der Waals surface area contributed by atoms with Crippen LogP contribution < -0.4 is 10.4 Å². The zero-order chi connectivity index (χ0) is 23.6. The van der Waals surface area contributed by atoms with Crippen molar-refractivity contribution in [2.45, 2.75) is 11.5 Å². The van der Waals surface area contributed by atoms with Gasteiger partial charge < -0.3 is 18.6 Å². The molecule has 1 aromatic heterocycles. The van der Waals surface area contributed by atoms with E-state index in [2.05, 4.69) is 0 Å². The molecule has 1 aliphatic rings. The van der Waals surface area contributed by atoms with Gasteiger partial charge in [0.2, 0.25) is 10.0 Å². The van der Waals surface area contributed by atoms with Crippen molar-refractivity contribution in [3.63, 3.8) is 0 Å². The van der Waals surface area contributed by atoms with Gasteiger partial charge in [-0.2, -0.15) is 4.31 Å². The number of hydrogen-bond donors (Lipinski definition) is 0. The number of hydrogen-bond acceptors (Lipinski definition) is 8. The highest BCUT2D eigenvalue weighted by atomic mass is 32.2. The van der Waals surface area contributed by atoms with Crippen LogP contribution in [-0.2, 0) is 26.1 Å². The van der Waals surface area contributed by atoms with Crippen LogP contribution in [0.1, 0.15) is 15.9 Å². The summed E-state index contributed by atoms with van der Waals surface area (Å²) >= 11 is 0. The van der Waals surface area contributed by atoms with Crippen LogP contribution in [0.25, 0.3) is 11.0 Å². The smallest absolute Gasteiger partial charge is 0.338 e. The van der Waals surface area contributed by atoms with E-state index in [0.29, 0.717) is 16.7 Å². The molecule has 0 aliphatic carbocycles. The van der Waals surface area contributed by atoms with Gasteiger partial charge in [0.15, 0.2) is 0 Å². The summed E-state index contributed by atoms with van der Waals surface area (Å²) in [6, 6.07) is 9.04. The maximum absolute atomic E-state index is 14.4. The molecule has 9 nitrogen and oxygen atoms in total. The van der Waals surface area contributed by atoms with Crippen molar-refractivity contribution in [3.05, 3.63) is 69.8 Å². The summed E-state index contributed by atoms with van der Waals surface area (Å²) < 4.78 is 61.8. The van der Waals surface area contributed by atoms with Gasteiger partial charge in [0.05, 0.1) is 25.9 Å². The van der Waals surface area contributed by atoms with E-state index in [1.807, 2.05) is 0 Å². The first-order valence-corrected chi connectivity index (χ1v) is 11.4. The molecule has 0 spiro atoms. The molecule has 1 aliphatic heterocycles. The van der Waals surface area contributed by atoms with Crippen molar-refractivity contribution < 1.29 is 36.2 Å². The number of esters is 1. The molecule has 4 rings (SSSR count). The highest BCUT2D eigenvalue weighted by Crippen LogP contribution is 2.25. The average molecular weight is 477 g/mol. The van der Waals surface area contributed by atoms with E-state index < -0.39 is 32.3 Å². The highest BCUT2D eigenvalue weighted by molar-refractivity contribution is 7.89. The quantitative estimate of drug-likeness (QED) is 0.393. The van der Waals surface area contributed by atoms with E-state index in [9.17, 15) is 22.4 Å². The van der Waals surface area contributed by atoms with Gasteiger partial charge in [-0.15, -0.1) is 0 Å². The van der Waals surface area contributed by atoms with Gasteiger partial charge >= 0.3 is 11.6 Å². The van der Waals surface area contributed by atoms with Crippen LogP contribution in [0, 0.1) is 5.82 Å². The number of carbonyl (C=O) groups excluding carboxylic acids is 1. The second-order valence-corrected chi connectivity index (χ2v) is 9.10. The maximum Gasteiger partial charge on any atom is 0.338 e. The molecule has 0 unspecified atom stereocenters. The Bertz CT molecular complexity index is 1360. The van der Waals surface area contributed by atoms with Crippen molar-refractivity contribution in [1.82, 2.24) is 4.31 Å². The molecule has 174 valence electrons. The summed E-state index contributed by atoms with van der Waals surface area (Å²) in [6.07, 6.45) is 0. The number of rotatable bonds is 6. The second-order valence-electron chi connectivity index (χ2n) is 7.19. The van der Waals surface area contributed by atoms with Crippen LogP contribution in [0.5, 0.6) is 5.75 Å². The number of ether oxygens (including phenoxy) is 3. The van der Waals surface area contributed by atoms with Gasteiger partial charge in [0, 0.05) is 36.2 Å². The predicted octanol–water partition coefficient (Wildman–Crippen LogP) is 2.32. The van der Waals surface area contributed by atoms with Gasteiger partial charge in [0.25, 0.3) is 0 Å². The van der Waals surface area contributed by atoms with Crippen LogP contribution in [0.4, 0.5) is 4.39 Å². The number of fused-ring (bicyclic) bond motifs is 1. The molecule has 11 heteroatoms. The van der Waals surface area contributed by atoms with E-state index in [-0.39, 0.29) is 44.1 Å². The summed E-state index contributed by atoms with van der Waals surface area (Å²) in [4.78, 5) is 23.9. The number of morpholine rings is 1. The van der Waals surface area contributed by atoms with Gasteiger partial charge in [0.1, 0.15) is 28.7 Å². The van der Waals surface area contributed by atoms with E-state index >= 15 is 0 Å². The lowest BCUT2D eigenvalue weighted by Gasteiger charge is -2.26. The first-order valence-electron chi connectivity index (χ1n) is 9.95. The molecule has 2 heterocycles. The third kappa shape index (κ3) is 4.75. The molecule has 2 aromatic carbocycles. The Labute approximate surface area is 188 Å². The summed E-state index contributed by atoms with van der Waals surface area (Å²) in [5, 5.41) is 0.540. The van der Waals surface area contributed by atoms with Crippen LogP contribution in [-0.4, -0.2) is 52.1 Å². The first kappa shape index (κ1) is 22.9. The maximum atomic E-state index is 14.4. The van der Waals surface area contributed by atoms with E-state index in [1.54, 1.807) is 12.1 Å². The first-order chi connectivity index (χ1) is 15.8. The number of sulfonamides is 1. The van der Waals surface area contributed by atoms with E-state index in [0.717, 1.165) is 22.5 Å². The highest BCUT2D eigenvalue weighted by Gasteiger charge is 2.30. The van der Waals surface area contributed by atoms with Crippen molar-refractivity contribution in [2.75, 3.05) is 33.4 Å². The van der Waals surface area contributed by atoms with Gasteiger partial charge in [-0.05, 0) is 30.3 Å². The van der Waals surface area contributed by atoms with Crippen molar-refractivity contribution >= 4 is 27.0 Å². The van der Waals surface area contributed by atoms with Crippen molar-refractivity contribution in [3.8, 4) is 5.75 Å². The van der Waals surface area contributed by atoms with Crippen LogP contribution in [0.2, 0.25) is 0 Å². The molecule has 33 heavy (non-hydrogen) atoms. The fraction of sp³-hybridized carbons (Fsp3) is 0.273. The van der Waals surface area contributed by atoms with Gasteiger partial charge in [-0.25, -0.2) is 22.4 Å². The number of nitrogens with zero attached hydrogens (tertiary/aromatic N) is 1. The minimum absolute atomic E-state index is 0.0882. The molecule has 0 N–H and O–H groups in total. The second kappa shape index (κ2) is 9.30. The molecule has 1 saturated heterocycles. The van der Waals surface area contributed by atoms with Crippen LogP contribution in [0.3, 0.4) is 0 Å². The third-order valence-electron chi connectivity index (χ3n) is 5.15. The number of carbonyl (C=O) groups is 1.